The van der Waals surface area contributed by atoms with E-state index in [2.05, 4.69) is 24.3 Å². The van der Waals surface area contributed by atoms with Crippen LogP contribution < -0.4 is 0 Å². The predicted molar refractivity (Wildman–Crippen MR) is 105 cm³/mol. The van der Waals surface area contributed by atoms with Gasteiger partial charge in [0, 0.05) is 45.1 Å². The lowest BCUT2D eigenvalue weighted by Gasteiger charge is -2.39. The molecule has 2 heterocycles. The molecule has 148 valence electrons. The van der Waals surface area contributed by atoms with E-state index in [9.17, 15) is 9.59 Å². The molecule has 0 radical (unpaired) electrons. The second-order valence-electron chi connectivity index (χ2n) is 8.04. The predicted octanol–water partition coefficient (Wildman–Crippen LogP) is 2.89. The summed E-state index contributed by atoms with van der Waals surface area (Å²) < 4.78 is 5.29. The highest BCUT2D eigenvalue weighted by atomic mass is 16.5. The third-order valence-corrected chi connectivity index (χ3v) is 6.21. The van der Waals surface area contributed by atoms with Crippen LogP contribution in [-0.4, -0.2) is 61.0 Å². The maximum atomic E-state index is 12.5. The number of ether oxygens (including phenoxy) is 1. The number of methoxy groups -OCH3 is 1. The van der Waals surface area contributed by atoms with Crippen LogP contribution in [0.5, 0.6) is 0 Å². The van der Waals surface area contributed by atoms with E-state index in [1.807, 2.05) is 22.8 Å². The van der Waals surface area contributed by atoms with Crippen molar-refractivity contribution in [1.82, 2.24) is 9.80 Å². The first-order valence-corrected chi connectivity index (χ1v) is 10.2. The van der Waals surface area contributed by atoms with Crippen LogP contribution >= 0.6 is 0 Å². The minimum absolute atomic E-state index is 0.0649. The van der Waals surface area contributed by atoms with Gasteiger partial charge in [0.2, 0.25) is 5.91 Å². The fourth-order valence-electron chi connectivity index (χ4n) is 4.49. The molecule has 0 aromatic heterocycles. The third-order valence-electron chi connectivity index (χ3n) is 6.21. The number of carbonyl (C=O) groups excluding carboxylic acids is 2. The summed E-state index contributed by atoms with van der Waals surface area (Å²) in [6.45, 7) is 5.14. The smallest absolute Gasteiger partial charge is 0.251 e. The van der Waals surface area contributed by atoms with Gasteiger partial charge >= 0.3 is 0 Å². The molecule has 1 unspecified atom stereocenters. The van der Waals surface area contributed by atoms with Gasteiger partial charge in [-0.3, -0.25) is 9.59 Å². The summed E-state index contributed by atoms with van der Waals surface area (Å²) in [5.41, 5.74) is 1.39. The molecule has 2 aliphatic heterocycles. The Hall–Kier alpha value is -1.88. The first kappa shape index (κ1) is 19.9. The van der Waals surface area contributed by atoms with E-state index in [0.717, 1.165) is 51.9 Å². The highest BCUT2D eigenvalue weighted by molar-refractivity contribution is 5.81. The summed E-state index contributed by atoms with van der Waals surface area (Å²) in [6.07, 6.45) is 4.85. The quantitative estimate of drug-likeness (QED) is 0.739. The van der Waals surface area contributed by atoms with Crippen molar-refractivity contribution in [2.24, 2.45) is 5.41 Å². The maximum absolute atomic E-state index is 12.5. The number of likely N-dealkylation sites (tertiary alicyclic amines) is 2. The average molecular weight is 373 g/mol. The number of rotatable bonds is 7. The number of hydrogen-bond acceptors (Lipinski definition) is 3. The van der Waals surface area contributed by atoms with E-state index in [0.29, 0.717) is 12.8 Å². The summed E-state index contributed by atoms with van der Waals surface area (Å²) in [4.78, 5) is 29.0. The second kappa shape index (κ2) is 8.87. The molecule has 1 aromatic rings. The summed E-state index contributed by atoms with van der Waals surface area (Å²) in [7, 11) is 1.60. The Bertz CT molecular complexity index is 634. The zero-order valence-electron chi connectivity index (χ0n) is 16.7. The fourth-order valence-corrected chi connectivity index (χ4v) is 4.49. The lowest BCUT2D eigenvalue weighted by Crippen LogP contribution is -2.48. The van der Waals surface area contributed by atoms with Crippen LogP contribution in [0, 0.1) is 5.41 Å². The fraction of sp³-hybridized carbons (Fsp3) is 0.636. The topological polar surface area (TPSA) is 49.9 Å². The monoisotopic (exact) mass is 372 g/mol. The van der Waals surface area contributed by atoms with Gasteiger partial charge < -0.3 is 14.5 Å². The molecule has 5 nitrogen and oxygen atoms in total. The second-order valence-corrected chi connectivity index (χ2v) is 8.04. The van der Waals surface area contributed by atoms with Crippen LogP contribution in [0.3, 0.4) is 0 Å². The van der Waals surface area contributed by atoms with Crippen LogP contribution in [0.25, 0.3) is 0 Å². The molecule has 3 rings (SSSR count). The average Bonchev–Trinajstić information content (AvgIpc) is 2.99. The molecule has 2 fully saturated rings. The number of amides is 2. The highest BCUT2D eigenvalue weighted by Gasteiger charge is 2.45. The van der Waals surface area contributed by atoms with Gasteiger partial charge in [-0.15, -0.1) is 0 Å². The Labute approximate surface area is 162 Å². The number of piperidine rings is 1. The van der Waals surface area contributed by atoms with Crippen LogP contribution in [0.4, 0.5) is 0 Å². The molecular formula is C22H32N2O3. The lowest BCUT2D eigenvalue weighted by molar-refractivity contribution is -0.144. The Morgan fingerprint density at radius 1 is 1.22 bits per heavy atom. The summed E-state index contributed by atoms with van der Waals surface area (Å²) in [6, 6.07) is 10.4. The highest BCUT2D eigenvalue weighted by Crippen LogP contribution is 2.41. The van der Waals surface area contributed by atoms with Crippen LogP contribution in [0.15, 0.2) is 30.3 Å². The molecule has 27 heavy (non-hydrogen) atoms. The van der Waals surface area contributed by atoms with Crippen LogP contribution in [-0.2, 0) is 20.7 Å². The molecule has 2 saturated heterocycles. The molecule has 5 heteroatoms. The number of hydrogen-bond donors (Lipinski definition) is 0. The first-order chi connectivity index (χ1) is 13.1. The SMILES string of the molecule is CCC(OC)C(=O)N1CCC2(CC1)CC(=O)N(CCCc1ccccc1)C2. The summed E-state index contributed by atoms with van der Waals surface area (Å²) >= 11 is 0. The van der Waals surface area contributed by atoms with Gasteiger partial charge in [-0.05, 0) is 37.7 Å². The van der Waals surface area contributed by atoms with Gasteiger partial charge in [0.15, 0.2) is 0 Å². The summed E-state index contributed by atoms with van der Waals surface area (Å²) in [5, 5.41) is 0. The molecule has 0 saturated carbocycles. The van der Waals surface area contributed by atoms with E-state index in [1.165, 1.54) is 5.56 Å². The van der Waals surface area contributed by atoms with E-state index in [4.69, 9.17) is 4.74 Å². The maximum Gasteiger partial charge on any atom is 0.251 e. The number of benzene rings is 1. The van der Waals surface area contributed by atoms with Gasteiger partial charge in [0.25, 0.3) is 5.91 Å². The Balaban J connectivity index is 1.48. The summed E-state index contributed by atoms with van der Waals surface area (Å²) in [5.74, 6) is 0.380. The Morgan fingerprint density at radius 3 is 2.56 bits per heavy atom. The van der Waals surface area contributed by atoms with E-state index >= 15 is 0 Å². The van der Waals surface area contributed by atoms with Crippen molar-refractivity contribution in [2.45, 2.75) is 51.6 Å². The number of aryl methyl sites for hydroxylation is 1. The van der Waals surface area contributed by atoms with Crippen molar-refractivity contribution in [3.05, 3.63) is 35.9 Å². The van der Waals surface area contributed by atoms with Gasteiger partial charge in [-0.1, -0.05) is 37.3 Å². The number of carbonyl (C=O) groups is 2. The standard InChI is InChI=1S/C22H32N2O3/c1-3-19(27-2)21(26)23-14-11-22(12-15-23)16-20(25)24(17-22)13-7-10-18-8-5-4-6-9-18/h4-6,8-9,19H,3,7,10-17H2,1-2H3. The number of nitrogens with zero attached hydrogens (tertiary/aromatic N) is 2. The van der Waals surface area contributed by atoms with Crippen molar-refractivity contribution >= 4 is 11.8 Å². The first-order valence-electron chi connectivity index (χ1n) is 10.2. The Kier molecular flexibility index (Phi) is 6.53. The molecule has 1 spiro atoms. The van der Waals surface area contributed by atoms with Gasteiger partial charge in [0.05, 0.1) is 0 Å². The van der Waals surface area contributed by atoms with E-state index in [1.54, 1.807) is 7.11 Å². The molecule has 0 N–H and O–H groups in total. The van der Waals surface area contributed by atoms with Crippen molar-refractivity contribution in [3.63, 3.8) is 0 Å². The third kappa shape index (κ3) is 4.70. The van der Waals surface area contributed by atoms with Crippen LogP contribution in [0.2, 0.25) is 0 Å². The zero-order valence-corrected chi connectivity index (χ0v) is 16.7. The van der Waals surface area contributed by atoms with Crippen molar-refractivity contribution in [3.8, 4) is 0 Å². The van der Waals surface area contributed by atoms with Crippen LogP contribution in [0.1, 0.15) is 44.6 Å². The van der Waals surface area contributed by atoms with Gasteiger partial charge in [-0.25, -0.2) is 0 Å². The normalized spacial score (nSPS) is 20.3. The molecule has 1 aromatic carbocycles. The van der Waals surface area contributed by atoms with Gasteiger partial charge in [-0.2, -0.15) is 0 Å². The van der Waals surface area contributed by atoms with Crippen molar-refractivity contribution < 1.29 is 14.3 Å². The largest absolute Gasteiger partial charge is 0.372 e. The molecule has 2 aliphatic rings. The van der Waals surface area contributed by atoms with E-state index < -0.39 is 0 Å². The molecule has 0 aliphatic carbocycles. The Morgan fingerprint density at radius 2 is 1.93 bits per heavy atom. The van der Waals surface area contributed by atoms with Crippen molar-refractivity contribution in [1.29, 1.82) is 0 Å². The van der Waals surface area contributed by atoms with Gasteiger partial charge in [0.1, 0.15) is 6.10 Å². The van der Waals surface area contributed by atoms with Crippen molar-refractivity contribution in [2.75, 3.05) is 33.3 Å². The molecule has 2 amide bonds. The lowest BCUT2D eigenvalue weighted by atomic mass is 9.77. The zero-order chi connectivity index (χ0) is 19.3. The molecule has 0 bridgehead atoms. The minimum atomic E-state index is -0.334. The van der Waals surface area contributed by atoms with E-state index in [-0.39, 0.29) is 23.3 Å². The minimum Gasteiger partial charge on any atom is -0.372 e. The molecule has 1 atom stereocenters. The molecular weight excluding hydrogens is 340 g/mol.